The van der Waals surface area contributed by atoms with Gasteiger partial charge in [0.1, 0.15) is 11.4 Å². The Bertz CT molecular complexity index is 480. The van der Waals surface area contributed by atoms with E-state index >= 15 is 0 Å². The number of aromatic nitrogens is 1. The molecule has 3 heteroatoms. The third kappa shape index (κ3) is 1.33. The van der Waals surface area contributed by atoms with Gasteiger partial charge in [-0.1, -0.05) is 0 Å². The number of fused-ring (bicyclic) bond motifs is 1. The third-order valence-corrected chi connectivity index (χ3v) is 2.11. The average molecular weight is 187 g/mol. The Morgan fingerprint density at radius 3 is 2.93 bits per heavy atom. The van der Waals surface area contributed by atoms with Gasteiger partial charge in [-0.25, -0.2) is 0 Å². The van der Waals surface area contributed by atoms with E-state index in [9.17, 15) is 4.79 Å². The van der Waals surface area contributed by atoms with E-state index in [4.69, 9.17) is 4.74 Å². The molecule has 1 aromatic heterocycles. The number of pyridine rings is 1. The Labute approximate surface area is 81.3 Å². The summed E-state index contributed by atoms with van der Waals surface area (Å²) in [6.07, 6.45) is 2.38. The summed E-state index contributed by atoms with van der Waals surface area (Å²) in [7, 11) is 1.61. The van der Waals surface area contributed by atoms with Gasteiger partial charge in [-0.3, -0.25) is 9.78 Å². The number of methoxy groups -OCH3 is 1. The van der Waals surface area contributed by atoms with Crippen LogP contribution in [0.15, 0.2) is 30.5 Å². The minimum absolute atomic E-state index is 0.463. The lowest BCUT2D eigenvalue weighted by molar-refractivity contribution is 0.112. The zero-order valence-corrected chi connectivity index (χ0v) is 7.73. The van der Waals surface area contributed by atoms with Gasteiger partial charge in [0.2, 0.25) is 0 Å². The van der Waals surface area contributed by atoms with Crippen LogP contribution < -0.4 is 4.74 Å². The van der Waals surface area contributed by atoms with Crippen LogP contribution in [-0.2, 0) is 0 Å². The lowest BCUT2D eigenvalue weighted by atomic mass is 10.1. The first-order valence-corrected chi connectivity index (χ1v) is 4.23. The number of nitrogens with zero attached hydrogens (tertiary/aromatic N) is 1. The lowest BCUT2D eigenvalue weighted by Gasteiger charge is -2.02. The summed E-state index contributed by atoms with van der Waals surface area (Å²) in [5.74, 6) is 0.778. The Morgan fingerprint density at radius 1 is 1.36 bits per heavy atom. The van der Waals surface area contributed by atoms with Crippen molar-refractivity contribution in [3.8, 4) is 5.75 Å². The highest BCUT2D eigenvalue weighted by Gasteiger charge is 2.01. The minimum atomic E-state index is 0.463. The van der Waals surface area contributed by atoms with Crippen molar-refractivity contribution in [2.45, 2.75) is 0 Å². The van der Waals surface area contributed by atoms with E-state index in [2.05, 4.69) is 4.98 Å². The predicted octanol–water partition coefficient (Wildman–Crippen LogP) is 2.06. The molecule has 0 fully saturated rings. The fraction of sp³-hybridized carbons (Fsp3) is 0.0909. The first kappa shape index (κ1) is 8.69. The summed E-state index contributed by atoms with van der Waals surface area (Å²) >= 11 is 0. The van der Waals surface area contributed by atoms with E-state index in [0.29, 0.717) is 5.69 Å². The molecule has 70 valence electrons. The van der Waals surface area contributed by atoms with Crippen LogP contribution in [0.25, 0.3) is 10.8 Å². The molecule has 0 amide bonds. The summed E-state index contributed by atoms with van der Waals surface area (Å²) in [6, 6.07) is 7.39. The molecule has 0 aliphatic rings. The Morgan fingerprint density at radius 2 is 2.21 bits per heavy atom. The zero-order valence-electron chi connectivity index (χ0n) is 7.73. The van der Waals surface area contributed by atoms with Gasteiger partial charge in [-0.05, 0) is 29.7 Å². The fourth-order valence-corrected chi connectivity index (χ4v) is 1.40. The smallest absolute Gasteiger partial charge is 0.169 e. The predicted molar refractivity (Wildman–Crippen MR) is 53.7 cm³/mol. The molecular formula is C11H9NO2. The van der Waals surface area contributed by atoms with Gasteiger partial charge in [-0.15, -0.1) is 0 Å². The first-order valence-electron chi connectivity index (χ1n) is 4.23. The SMILES string of the molecule is COc1ccc2c(C=O)nccc2c1. The van der Waals surface area contributed by atoms with Gasteiger partial charge in [0.25, 0.3) is 0 Å². The number of aldehydes is 1. The molecule has 0 saturated carbocycles. The van der Waals surface area contributed by atoms with E-state index in [1.165, 1.54) is 0 Å². The summed E-state index contributed by atoms with van der Waals surface area (Å²) in [4.78, 5) is 14.7. The van der Waals surface area contributed by atoms with E-state index in [1.54, 1.807) is 13.3 Å². The van der Waals surface area contributed by atoms with Crippen LogP contribution in [-0.4, -0.2) is 18.4 Å². The Balaban J connectivity index is 2.73. The summed E-state index contributed by atoms with van der Waals surface area (Å²) in [6.45, 7) is 0. The number of hydrogen-bond donors (Lipinski definition) is 0. The van der Waals surface area contributed by atoms with Crippen LogP contribution in [0, 0.1) is 0 Å². The molecular weight excluding hydrogens is 178 g/mol. The molecule has 0 bridgehead atoms. The quantitative estimate of drug-likeness (QED) is 0.675. The molecule has 0 radical (unpaired) electrons. The molecule has 0 unspecified atom stereocenters. The van der Waals surface area contributed by atoms with Crippen molar-refractivity contribution in [1.82, 2.24) is 4.98 Å². The van der Waals surface area contributed by atoms with Crippen LogP contribution >= 0.6 is 0 Å². The Hall–Kier alpha value is -1.90. The molecule has 2 aromatic rings. The molecule has 0 N–H and O–H groups in total. The van der Waals surface area contributed by atoms with Gasteiger partial charge in [0, 0.05) is 11.6 Å². The molecule has 2 rings (SSSR count). The second-order valence-corrected chi connectivity index (χ2v) is 2.90. The standard InChI is InChI=1S/C11H9NO2/c1-14-9-2-3-10-8(6-9)4-5-12-11(10)7-13/h2-7H,1H3. The maximum Gasteiger partial charge on any atom is 0.169 e. The van der Waals surface area contributed by atoms with Crippen LogP contribution in [0.5, 0.6) is 5.75 Å². The summed E-state index contributed by atoms with van der Waals surface area (Å²) in [5.41, 5.74) is 0.463. The van der Waals surface area contributed by atoms with E-state index in [0.717, 1.165) is 22.8 Å². The van der Waals surface area contributed by atoms with Gasteiger partial charge in [0.15, 0.2) is 6.29 Å². The van der Waals surface area contributed by atoms with Crippen molar-refractivity contribution < 1.29 is 9.53 Å². The van der Waals surface area contributed by atoms with E-state index in [-0.39, 0.29) is 0 Å². The van der Waals surface area contributed by atoms with Crippen molar-refractivity contribution >= 4 is 17.1 Å². The van der Waals surface area contributed by atoms with Crippen molar-refractivity contribution in [2.75, 3.05) is 7.11 Å². The number of carbonyl (C=O) groups excluding carboxylic acids is 1. The highest BCUT2D eigenvalue weighted by Crippen LogP contribution is 2.21. The Kier molecular flexibility index (Phi) is 2.14. The minimum Gasteiger partial charge on any atom is -0.497 e. The summed E-state index contributed by atoms with van der Waals surface area (Å²) < 4.78 is 5.09. The molecule has 1 aromatic carbocycles. The maximum atomic E-state index is 10.7. The van der Waals surface area contributed by atoms with Gasteiger partial charge < -0.3 is 4.74 Å². The topological polar surface area (TPSA) is 39.2 Å². The van der Waals surface area contributed by atoms with Crippen molar-refractivity contribution in [1.29, 1.82) is 0 Å². The van der Waals surface area contributed by atoms with Crippen LogP contribution in [0.4, 0.5) is 0 Å². The number of benzene rings is 1. The molecule has 0 aliphatic heterocycles. The summed E-state index contributed by atoms with van der Waals surface area (Å²) in [5, 5.41) is 1.81. The average Bonchev–Trinajstić information content (AvgIpc) is 2.27. The zero-order chi connectivity index (χ0) is 9.97. The number of carbonyl (C=O) groups is 1. The van der Waals surface area contributed by atoms with E-state index < -0.39 is 0 Å². The number of hydrogen-bond acceptors (Lipinski definition) is 3. The number of rotatable bonds is 2. The van der Waals surface area contributed by atoms with Gasteiger partial charge in [-0.2, -0.15) is 0 Å². The normalized spacial score (nSPS) is 10.1. The lowest BCUT2D eigenvalue weighted by Crippen LogP contribution is -1.89. The largest absolute Gasteiger partial charge is 0.497 e. The highest BCUT2D eigenvalue weighted by molar-refractivity contribution is 5.96. The molecule has 0 atom stereocenters. The van der Waals surface area contributed by atoms with Crippen LogP contribution in [0.1, 0.15) is 10.5 Å². The monoisotopic (exact) mass is 187 g/mol. The van der Waals surface area contributed by atoms with Crippen LogP contribution in [0.2, 0.25) is 0 Å². The molecule has 0 saturated heterocycles. The molecule has 3 nitrogen and oxygen atoms in total. The molecule has 14 heavy (non-hydrogen) atoms. The van der Waals surface area contributed by atoms with Crippen molar-refractivity contribution in [3.05, 3.63) is 36.2 Å². The van der Waals surface area contributed by atoms with Crippen molar-refractivity contribution in [2.24, 2.45) is 0 Å². The van der Waals surface area contributed by atoms with Gasteiger partial charge >= 0.3 is 0 Å². The molecule has 0 aliphatic carbocycles. The van der Waals surface area contributed by atoms with Gasteiger partial charge in [0.05, 0.1) is 7.11 Å². The second kappa shape index (κ2) is 3.46. The van der Waals surface area contributed by atoms with Crippen molar-refractivity contribution in [3.63, 3.8) is 0 Å². The third-order valence-electron chi connectivity index (χ3n) is 2.11. The molecule has 1 heterocycles. The van der Waals surface area contributed by atoms with Crippen LogP contribution in [0.3, 0.4) is 0 Å². The molecule has 0 spiro atoms. The second-order valence-electron chi connectivity index (χ2n) is 2.90. The van der Waals surface area contributed by atoms with E-state index in [1.807, 2.05) is 24.3 Å². The first-order chi connectivity index (χ1) is 6.85. The number of ether oxygens (including phenoxy) is 1. The maximum absolute atomic E-state index is 10.7. The fourth-order valence-electron chi connectivity index (χ4n) is 1.40. The highest BCUT2D eigenvalue weighted by atomic mass is 16.5.